The number of hydrogen-bond donors (Lipinski definition) is 1. The fourth-order valence-corrected chi connectivity index (χ4v) is 2.08. The Morgan fingerprint density at radius 3 is 2.74 bits per heavy atom. The Labute approximate surface area is 112 Å². The van der Waals surface area contributed by atoms with Gasteiger partial charge in [0.15, 0.2) is 0 Å². The first-order valence-corrected chi connectivity index (χ1v) is 6.24. The lowest BCUT2D eigenvalue weighted by Crippen LogP contribution is -2.22. The van der Waals surface area contributed by atoms with Crippen LogP contribution in [0.25, 0.3) is 0 Å². The van der Waals surface area contributed by atoms with E-state index in [4.69, 9.17) is 5.73 Å². The van der Waals surface area contributed by atoms with Crippen LogP contribution in [0, 0.1) is 12.7 Å². The number of anilines is 2. The topological polar surface area (TPSA) is 42.1 Å². The summed E-state index contributed by atoms with van der Waals surface area (Å²) in [6.45, 7) is 2.68. The predicted octanol–water partition coefficient (Wildman–Crippen LogP) is 2.79. The number of nitrogen functional groups attached to an aromatic ring is 1. The van der Waals surface area contributed by atoms with Crippen molar-refractivity contribution >= 4 is 11.5 Å². The number of aromatic nitrogens is 1. The Balaban J connectivity index is 2.05. The quantitative estimate of drug-likeness (QED) is 0.918. The Morgan fingerprint density at radius 2 is 2.05 bits per heavy atom. The van der Waals surface area contributed by atoms with Crippen LogP contribution in [0.5, 0.6) is 0 Å². The van der Waals surface area contributed by atoms with E-state index in [0.29, 0.717) is 18.7 Å². The molecule has 19 heavy (non-hydrogen) atoms. The summed E-state index contributed by atoms with van der Waals surface area (Å²) in [6.07, 6.45) is 2.29. The molecule has 100 valence electrons. The molecule has 1 aromatic heterocycles. The average molecular weight is 259 g/mol. The number of pyridine rings is 1. The number of nitrogens with zero attached hydrogens (tertiary/aromatic N) is 2. The van der Waals surface area contributed by atoms with E-state index < -0.39 is 0 Å². The minimum atomic E-state index is -0.155. The summed E-state index contributed by atoms with van der Waals surface area (Å²) in [5, 5.41) is 0. The van der Waals surface area contributed by atoms with Crippen molar-refractivity contribution in [1.82, 2.24) is 4.98 Å². The van der Waals surface area contributed by atoms with Gasteiger partial charge in [0.1, 0.15) is 11.6 Å². The Hall–Kier alpha value is -2.10. The van der Waals surface area contributed by atoms with E-state index >= 15 is 0 Å². The Bertz CT molecular complexity index is 569. The lowest BCUT2D eigenvalue weighted by molar-refractivity contribution is 0.608. The molecule has 0 aliphatic carbocycles. The third-order valence-corrected chi connectivity index (χ3v) is 3.11. The van der Waals surface area contributed by atoms with E-state index in [1.54, 1.807) is 12.3 Å². The molecule has 0 fully saturated rings. The fourth-order valence-electron chi connectivity index (χ4n) is 2.08. The molecule has 1 aromatic carbocycles. The fraction of sp³-hybridized carbons (Fsp3) is 0.267. The van der Waals surface area contributed by atoms with E-state index in [1.807, 2.05) is 37.1 Å². The molecule has 0 saturated carbocycles. The maximum atomic E-state index is 13.5. The second-order valence-corrected chi connectivity index (χ2v) is 4.67. The van der Waals surface area contributed by atoms with Gasteiger partial charge in [-0.2, -0.15) is 0 Å². The van der Waals surface area contributed by atoms with Crippen molar-refractivity contribution in [2.75, 3.05) is 24.2 Å². The van der Waals surface area contributed by atoms with Gasteiger partial charge in [0.05, 0.1) is 11.9 Å². The third-order valence-electron chi connectivity index (χ3n) is 3.11. The molecule has 1 heterocycles. The number of benzene rings is 1. The minimum Gasteiger partial charge on any atom is -0.397 e. The summed E-state index contributed by atoms with van der Waals surface area (Å²) in [5.74, 6) is 0.725. The Kier molecular flexibility index (Phi) is 4.00. The number of aryl methyl sites for hydroxylation is 1. The first kappa shape index (κ1) is 13.3. The second-order valence-electron chi connectivity index (χ2n) is 4.67. The highest BCUT2D eigenvalue weighted by Gasteiger charge is 2.08. The molecule has 4 heteroatoms. The van der Waals surface area contributed by atoms with Crippen LogP contribution in [-0.2, 0) is 6.42 Å². The van der Waals surface area contributed by atoms with Gasteiger partial charge in [-0.05, 0) is 36.6 Å². The van der Waals surface area contributed by atoms with Crippen LogP contribution < -0.4 is 10.6 Å². The van der Waals surface area contributed by atoms with Gasteiger partial charge in [0, 0.05) is 13.6 Å². The van der Waals surface area contributed by atoms with E-state index in [9.17, 15) is 4.39 Å². The molecular formula is C15H18FN3. The summed E-state index contributed by atoms with van der Waals surface area (Å²) in [6, 6.07) is 8.75. The number of rotatable bonds is 4. The van der Waals surface area contributed by atoms with Crippen molar-refractivity contribution in [1.29, 1.82) is 0 Å². The molecule has 3 nitrogen and oxygen atoms in total. The zero-order valence-corrected chi connectivity index (χ0v) is 11.2. The van der Waals surface area contributed by atoms with Crippen molar-refractivity contribution in [2.45, 2.75) is 13.3 Å². The number of halogens is 1. The third kappa shape index (κ3) is 3.22. The molecular weight excluding hydrogens is 241 g/mol. The summed E-state index contributed by atoms with van der Waals surface area (Å²) >= 11 is 0. The minimum absolute atomic E-state index is 0.155. The van der Waals surface area contributed by atoms with Crippen molar-refractivity contribution in [3.05, 3.63) is 53.5 Å². The lowest BCUT2D eigenvalue weighted by Gasteiger charge is -2.20. The predicted molar refractivity (Wildman–Crippen MR) is 76.8 cm³/mol. The van der Waals surface area contributed by atoms with Gasteiger partial charge in [-0.15, -0.1) is 0 Å². The van der Waals surface area contributed by atoms with Crippen LogP contribution in [0.1, 0.15) is 11.1 Å². The van der Waals surface area contributed by atoms with Gasteiger partial charge in [-0.3, -0.25) is 0 Å². The van der Waals surface area contributed by atoms with Crippen molar-refractivity contribution in [3.63, 3.8) is 0 Å². The smallest absolute Gasteiger partial charge is 0.131 e. The maximum Gasteiger partial charge on any atom is 0.131 e. The molecule has 0 aliphatic rings. The highest BCUT2D eigenvalue weighted by atomic mass is 19.1. The van der Waals surface area contributed by atoms with Crippen LogP contribution in [0.4, 0.5) is 15.9 Å². The molecule has 2 N–H and O–H groups in total. The normalized spacial score (nSPS) is 10.5. The molecule has 0 radical (unpaired) electrons. The second kappa shape index (κ2) is 5.69. The molecule has 0 saturated heterocycles. The van der Waals surface area contributed by atoms with Gasteiger partial charge < -0.3 is 10.6 Å². The molecule has 0 aliphatic heterocycles. The Morgan fingerprint density at radius 1 is 1.32 bits per heavy atom. The average Bonchev–Trinajstić information content (AvgIpc) is 2.37. The maximum absolute atomic E-state index is 13.5. The summed E-state index contributed by atoms with van der Waals surface area (Å²) in [4.78, 5) is 6.33. The molecule has 0 unspecified atom stereocenters. The monoisotopic (exact) mass is 259 g/mol. The van der Waals surface area contributed by atoms with E-state index in [0.717, 1.165) is 16.9 Å². The molecule has 2 rings (SSSR count). The SMILES string of the molecule is Cc1cc(N)cnc1N(C)CCc1ccccc1F. The molecule has 0 atom stereocenters. The standard InChI is InChI=1S/C15H18FN3/c1-11-9-13(17)10-18-15(11)19(2)8-7-12-5-3-4-6-14(12)16/h3-6,9-10H,7-8,17H2,1-2H3. The zero-order chi connectivity index (χ0) is 13.8. The summed E-state index contributed by atoms with van der Waals surface area (Å²) in [7, 11) is 1.95. The first-order valence-electron chi connectivity index (χ1n) is 6.24. The van der Waals surface area contributed by atoms with Crippen molar-refractivity contribution < 1.29 is 4.39 Å². The van der Waals surface area contributed by atoms with Gasteiger partial charge in [0.2, 0.25) is 0 Å². The van der Waals surface area contributed by atoms with Gasteiger partial charge >= 0.3 is 0 Å². The number of likely N-dealkylation sites (N-methyl/N-ethyl adjacent to an activating group) is 1. The highest BCUT2D eigenvalue weighted by Crippen LogP contribution is 2.18. The number of hydrogen-bond acceptors (Lipinski definition) is 3. The van der Waals surface area contributed by atoms with Crippen LogP contribution in [-0.4, -0.2) is 18.6 Å². The van der Waals surface area contributed by atoms with Gasteiger partial charge in [-0.1, -0.05) is 18.2 Å². The summed E-state index contributed by atoms with van der Waals surface area (Å²) < 4.78 is 13.5. The van der Waals surface area contributed by atoms with E-state index in [1.165, 1.54) is 6.07 Å². The number of nitrogens with two attached hydrogens (primary N) is 1. The summed E-state index contributed by atoms with van der Waals surface area (Å²) in [5.41, 5.74) is 8.09. The lowest BCUT2D eigenvalue weighted by atomic mass is 10.1. The molecule has 0 spiro atoms. The van der Waals surface area contributed by atoms with Gasteiger partial charge in [0.25, 0.3) is 0 Å². The van der Waals surface area contributed by atoms with Crippen LogP contribution in [0.3, 0.4) is 0 Å². The zero-order valence-electron chi connectivity index (χ0n) is 11.2. The van der Waals surface area contributed by atoms with Crippen molar-refractivity contribution in [3.8, 4) is 0 Å². The van der Waals surface area contributed by atoms with Crippen LogP contribution in [0.2, 0.25) is 0 Å². The first-order chi connectivity index (χ1) is 9.08. The van der Waals surface area contributed by atoms with Gasteiger partial charge in [-0.25, -0.2) is 9.37 Å². The molecule has 2 aromatic rings. The molecule has 0 bridgehead atoms. The molecule has 0 amide bonds. The van der Waals surface area contributed by atoms with Crippen molar-refractivity contribution in [2.24, 2.45) is 0 Å². The highest BCUT2D eigenvalue weighted by molar-refractivity contribution is 5.52. The van der Waals surface area contributed by atoms with Crippen LogP contribution in [0.15, 0.2) is 36.5 Å². The van der Waals surface area contributed by atoms with Crippen LogP contribution >= 0.6 is 0 Å². The largest absolute Gasteiger partial charge is 0.397 e. The van der Waals surface area contributed by atoms with E-state index in [-0.39, 0.29) is 5.82 Å². The van der Waals surface area contributed by atoms with E-state index in [2.05, 4.69) is 4.98 Å².